The van der Waals surface area contributed by atoms with Gasteiger partial charge in [0.25, 0.3) is 0 Å². The number of hydrogen-bond donors (Lipinski definition) is 3. The molecule has 0 bridgehead atoms. The molecule has 0 atom stereocenters. The second-order valence-corrected chi connectivity index (χ2v) is 8.06. The zero-order valence-electron chi connectivity index (χ0n) is 19.3. The summed E-state index contributed by atoms with van der Waals surface area (Å²) >= 11 is 0. The lowest BCUT2D eigenvalue weighted by Crippen LogP contribution is -2.17. The van der Waals surface area contributed by atoms with E-state index in [1.807, 2.05) is 31.2 Å². The van der Waals surface area contributed by atoms with E-state index in [9.17, 15) is 4.79 Å². The van der Waals surface area contributed by atoms with Crippen molar-refractivity contribution in [1.29, 1.82) is 0 Å². The molecule has 0 radical (unpaired) electrons. The topological polar surface area (TPSA) is 115 Å². The van der Waals surface area contributed by atoms with Crippen LogP contribution < -0.4 is 25.0 Å². The number of fused-ring (bicyclic) bond motifs is 2. The fraction of sp³-hybridized carbons (Fsp3) is 0.400. The summed E-state index contributed by atoms with van der Waals surface area (Å²) < 4.78 is 17.5. The number of aromatic nitrogens is 2. The standard InChI is InChI=1S/C25H30N4O5/c1-2-32-23-15-20-19(14-22(23)33-11-6-4-3-5-7-24(30)29-31)25(27-16-26-20)28-18-8-9-21-17(13-18)10-12-34-21/h8-9,13-16,31H,2-7,10-12H2,1H3,(H,29,30)(H,26,27,28). The van der Waals surface area contributed by atoms with E-state index in [4.69, 9.17) is 19.4 Å². The lowest BCUT2D eigenvalue weighted by molar-refractivity contribution is -0.129. The van der Waals surface area contributed by atoms with Gasteiger partial charge in [-0.25, -0.2) is 15.4 Å². The molecule has 0 saturated carbocycles. The molecular formula is C25H30N4O5. The zero-order chi connectivity index (χ0) is 23.8. The molecule has 0 aliphatic carbocycles. The van der Waals surface area contributed by atoms with E-state index in [1.54, 1.807) is 5.48 Å². The Labute approximate surface area is 198 Å². The Kier molecular flexibility index (Phi) is 7.98. The monoisotopic (exact) mass is 466 g/mol. The van der Waals surface area contributed by atoms with Gasteiger partial charge in [0.05, 0.1) is 25.3 Å². The number of rotatable bonds is 12. The van der Waals surface area contributed by atoms with Gasteiger partial charge in [-0.1, -0.05) is 12.8 Å². The molecule has 0 fully saturated rings. The SMILES string of the molecule is CCOc1cc2ncnc(Nc3ccc4c(c3)CCO4)c2cc1OCCCCCCC(=O)NO. The van der Waals surface area contributed by atoms with Crippen molar-refractivity contribution in [1.82, 2.24) is 15.4 Å². The third kappa shape index (κ3) is 5.85. The molecule has 0 spiro atoms. The highest BCUT2D eigenvalue weighted by molar-refractivity contribution is 5.93. The lowest BCUT2D eigenvalue weighted by atomic mass is 10.1. The number of amides is 1. The van der Waals surface area contributed by atoms with E-state index in [0.29, 0.717) is 43.6 Å². The Morgan fingerprint density at radius 3 is 2.79 bits per heavy atom. The van der Waals surface area contributed by atoms with Crippen molar-refractivity contribution in [3.63, 3.8) is 0 Å². The molecular weight excluding hydrogens is 436 g/mol. The Balaban J connectivity index is 1.45. The summed E-state index contributed by atoms with van der Waals surface area (Å²) in [5.41, 5.74) is 4.54. The third-order valence-electron chi connectivity index (χ3n) is 5.63. The lowest BCUT2D eigenvalue weighted by Gasteiger charge is -2.15. The molecule has 1 aromatic heterocycles. The Bertz CT molecular complexity index is 1140. The average Bonchev–Trinajstić information content (AvgIpc) is 3.32. The van der Waals surface area contributed by atoms with Crippen molar-refractivity contribution in [3.8, 4) is 17.2 Å². The summed E-state index contributed by atoms with van der Waals surface area (Å²) in [6.07, 6.45) is 6.15. The third-order valence-corrected chi connectivity index (χ3v) is 5.63. The summed E-state index contributed by atoms with van der Waals surface area (Å²) in [5.74, 6) is 2.57. The first-order valence-electron chi connectivity index (χ1n) is 11.7. The van der Waals surface area contributed by atoms with Crippen LogP contribution in [0.25, 0.3) is 10.9 Å². The summed E-state index contributed by atoms with van der Waals surface area (Å²) in [7, 11) is 0. The van der Waals surface area contributed by atoms with Crippen molar-refractivity contribution in [2.45, 2.75) is 45.4 Å². The Hall–Kier alpha value is -3.59. The number of carbonyl (C=O) groups is 1. The minimum absolute atomic E-state index is 0.323. The van der Waals surface area contributed by atoms with Gasteiger partial charge in [0.2, 0.25) is 5.91 Å². The summed E-state index contributed by atoms with van der Waals surface area (Å²) in [6, 6.07) is 9.85. The number of carbonyl (C=O) groups excluding carboxylic acids is 1. The van der Waals surface area contributed by atoms with Gasteiger partial charge in [-0.2, -0.15) is 0 Å². The predicted octanol–water partition coefficient (Wildman–Crippen LogP) is 4.54. The number of benzene rings is 2. The molecule has 180 valence electrons. The molecule has 9 heteroatoms. The smallest absolute Gasteiger partial charge is 0.243 e. The van der Waals surface area contributed by atoms with E-state index in [-0.39, 0.29) is 5.91 Å². The van der Waals surface area contributed by atoms with E-state index in [2.05, 4.69) is 21.4 Å². The number of anilines is 2. The highest BCUT2D eigenvalue weighted by Crippen LogP contribution is 2.36. The van der Waals surface area contributed by atoms with Crippen molar-refractivity contribution in [3.05, 3.63) is 42.2 Å². The molecule has 4 rings (SSSR count). The minimum atomic E-state index is -0.353. The highest BCUT2D eigenvalue weighted by Gasteiger charge is 2.15. The maximum absolute atomic E-state index is 11.1. The van der Waals surface area contributed by atoms with Crippen molar-refractivity contribution in [2.75, 3.05) is 25.1 Å². The normalized spacial score (nSPS) is 12.2. The van der Waals surface area contributed by atoms with Gasteiger partial charge >= 0.3 is 0 Å². The maximum atomic E-state index is 11.1. The van der Waals surface area contributed by atoms with Gasteiger partial charge < -0.3 is 19.5 Å². The van der Waals surface area contributed by atoms with E-state index in [1.165, 1.54) is 11.9 Å². The molecule has 2 aromatic carbocycles. The number of nitrogens with zero attached hydrogens (tertiary/aromatic N) is 2. The van der Waals surface area contributed by atoms with Gasteiger partial charge in [-0.05, 0) is 49.6 Å². The molecule has 2 heterocycles. The van der Waals surface area contributed by atoms with Crippen LogP contribution in [-0.2, 0) is 11.2 Å². The predicted molar refractivity (Wildman–Crippen MR) is 128 cm³/mol. The van der Waals surface area contributed by atoms with Gasteiger partial charge in [0, 0.05) is 30.0 Å². The van der Waals surface area contributed by atoms with Crippen molar-refractivity contribution in [2.24, 2.45) is 0 Å². The largest absolute Gasteiger partial charge is 0.493 e. The number of unbranched alkanes of at least 4 members (excludes halogenated alkanes) is 3. The van der Waals surface area contributed by atoms with Gasteiger partial charge in [-0.3, -0.25) is 10.0 Å². The first-order chi connectivity index (χ1) is 16.7. The number of nitrogens with one attached hydrogen (secondary N) is 2. The van der Waals surface area contributed by atoms with Crippen LogP contribution in [0.15, 0.2) is 36.7 Å². The Morgan fingerprint density at radius 1 is 1.09 bits per heavy atom. The van der Waals surface area contributed by atoms with Crippen LogP contribution in [0.4, 0.5) is 11.5 Å². The van der Waals surface area contributed by atoms with E-state index in [0.717, 1.165) is 54.4 Å². The number of hydrogen-bond acceptors (Lipinski definition) is 8. The van der Waals surface area contributed by atoms with Crippen LogP contribution in [0.3, 0.4) is 0 Å². The number of hydroxylamine groups is 1. The van der Waals surface area contributed by atoms with Crippen LogP contribution in [-0.4, -0.2) is 40.9 Å². The molecule has 1 aliphatic heterocycles. The molecule has 3 N–H and O–H groups in total. The average molecular weight is 467 g/mol. The quantitative estimate of drug-likeness (QED) is 0.202. The molecule has 3 aromatic rings. The van der Waals surface area contributed by atoms with E-state index >= 15 is 0 Å². The van der Waals surface area contributed by atoms with E-state index < -0.39 is 0 Å². The van der Waals surface area contributed by atoms with Crippen LogP contribution in [0.1, 0.15) is 44.6 Å². The molecule has 9 nitrogen and oxygen atoms in total. The summed E-state index contributed by atoms with van der Waals surface area (Å²) in [5, 5.41) is 12.8. The van der Waals surface area contributed by atoms with Crippen LogP contribution in [0.2, 0.25) is 0 Å². The van der Waals surface area contributed by atoms with Crippen LogP contribution in [0.5, 0.6) is 17.2 Å². The molecule has 0 unspecified atom stereocenters. The second-order valence-electron chi connectivity index (χ2n) is 8.06. The van der Waals surface area contributed by atoms with Crippen LogP contribution >= 0.6 is 0 Å². The fourth-order valence-electron chi connectivity index (χ4n) is 3.92. The van der Waals surface area contributed by atoms with Gasteiger partial charge in [0.15, 0.2) is 11.5 Å². The number of ether oxygens (including phenoxy) is 3. The summed E-state index contributed by atoms with van der Waals surface area (Å²) in [4.78, 5) is 19.9. The van der Waals surface area contributed by atoms with Crippen molar-refractivity contribution < 1.29 is 24.2 Å². The molecule has 1 aliphatic rings. The first kappa shape index (κ1) is 23.6. The minimum Gasteiger partial charge on any atom is -0.493 e. The van der Waals surface area contributed by atoms with Crippen molar-refractivity contribution >= 4 is 28.3 Å². The zero-order valence-corrected chi connectivity index (χ0v) is 19.3. The second kappa shape index (κ2) is 11.5. The van der Waals surface area contributed by atoms with Gasteiger partial charge in [0.1, 0.15) is 17.9 Å². The van der Waals surface area contributed by atoms with Gasteiger partial charge in [-0.15, -0.1) is 0 Å². The highest BCUT2D eigenvalue weighted by atomic mass is 16.5. The fourth-order valence-corrected chi connectivity index (χ4v) is 3.92. The Morgan fingerprint density at radius 2 is 1.94 bits per heavy atom. The maximum Gasteiger partial charge on any atom is 0.243 e. The first-order valence-corrected chi connectivity index (χ1v) is 11.7. The molecule has 34 heavy (non-hydrogen) atoms. The summed E-state index contributed by atoms with van der Waals surface area (Å²) in [6.45, 7) is 3.69. The van der Waals surface area contributed by atoms with Crippen LogP contribution in [0, 0.1) is 0 Å². The molecule has 0 saturated heterocycles. The molecule has 1 amide bonds.